The number of aromatic nitrogens is 5. The molecule has 3 rings (SSSR count). The van der Waals surface area contributed by atoms with Crippen molar-refractivity contribution in [3.05, 3.63) is 61.4 Å². The summed E-state index contributed by atoms with van der Waals surface area (Å²) in [5.74, 6) is 1.17. The van der Waals surface area contributed by atoms with Crippen molar-refractivity contribution in [2.75, 3.05) is 5.73 Å². The monoisotopic (exact) mass is 467 g/mol. The Morgan fingerprint density at radius 3 is 2.88 bits per heavy atom. The lowest BCUT2D eigenvalue weighted by Crippen LogP contribution is -2.09. The second-order valence-electron chi connectivity index (χ2n) is 5.33. The summed E-state index contributed by atoms with van der Waals surface area (Å²) in [4.78, 5) is 18.8. The fraction of sp³-hybridized carbons (Fsp3) is 0.200. The van der Waals surface area contributed by atoms with E-state index in [2.05, 4.69) is 42.9 Å². The summed E-state index contributed by atoms with van der Waals surface area (Å²) in [6.45, 7) is 2.18. The molecule has 0 spiro atoms. The Morgan fingerprint density at radius 2 is 2.15 bits per heavy atom. The van der Waals surface area contributed by atoms with Crippen molar-refractivity contribution in [2.24, 2.45) is 0 Å². The summed E-state index contributed by atoms with van der Waals surface area (Å²) in [6.07, 6.45) is 1.65. The lowest BCUT2D eigenvalue weighted by atomic mass is 10.3. The highest BCUT2D eigenvalue weighted by molar-refractivity contribution is 14.1. The average Bonchev–Trinajstić information content (AvgIpc) is 2.95. The first-order chi connectivity index (χ1) is 12.5. The summed E-state index contributed by atoms with van der Waals surface area (Å²) < 4.78 is 7.94. The van der Waals surface area contributed by atoms with Gasteiger partial charge in [0.15, 0.2) is 5.75 Å². The lowest BCUT2D eigenvalue weighted by molar-refractivity contribution is -0.385. The molecule has 3 aromatic rings. The van der Waals surface area contributed by atoms with Crippen LogP contribution in [0.25, 0.3) is 0 Å². The second kappa shape index (κ2) is 7.59. The Bertz CT molecular complexity index is 960. The Balaban J connectivity index is 1.74. The summed E-state index contributed by atoms with van der Waals surface area (Å²) >= 11 is 2.09. The molecule has 0 saturated heterocycles. The van der Waals surface area contributed by atoms with Crippen molar-refractivity contribution in [3.8, 4) is 5.75 Å². The van der Waals surface area contributed by atoms with Crippen LogP contribution in [-0.2, 0) is 13.2 Å². The van der Waals surface area contributed by atoms with Gasteiger partial charge in [-0.3, -0.25) is 10.1 Å². The number of benzene rings is 1. The highest BCUT2D eigenvalue weighted by Crippen LogP contribution is 2.27. The third kappa shape index (κ3) is 3.87. The van der Waals surface area contributed by atoms with Crippen LogP contribution < -0.4 is 10.5 Å². The molecule has 0 saturated carbocycles. The summed E-state index contributed by atoms with van der Waals surface area (Å²) in [7, 11) is 0. The Kier molecular flexibility index (Phi) is 5.25. The van der Waals surface area contributed by atoms with Gasteiger partial charge in [0.2, 0.25) is 0 Å². The molecule has 26 heavy (non-hydrogen) atoms. The number of hydrogen-bond donors (Lipinski definition) is 1. The van der Waals surface area contributed by atoms with Gasteiger partial charge in [0.1, 0.15) is 27.6 Å². The van der Waals surface area contributed by atoms with Crippen LogP contribution in [0.3, 0.4) is 0 Å². The molecule has 0 bridgehead atoms. The van der Waals surface area contributed by atoms with E-state index in [1.54, 1.807) is 36.0 Å². The lowest BCUT2D eigenvalue weighted by Gasteiger charge is -2.07. The topological polar surface area (TPSA) is 135 Å². The van der Waals surface area contributed by atoms with Gasteiger partial charge in [0, 0.05) is 17.8 Å². The predicted octanol–water partition coefficient (Wildman–Crippen LogP) is 2.10. The van der Waals surface area contributed by atoms with Crippen LogP contribution in [0.1, 0.15) is 17.1 Å². The van der Waals surface area contributed by atoms with E-state index in [1.165, 1.54) is 6.07 Å². The van der Waals surface area contributed by atoms with Crippen LogP contribution in [0.5, 0.6) is 5.75 Å². The number of rotatable bonds is 6. The molecular weight excluding hydrogens is 453 g/mol. The van der Waals surface area contributed by atoms with Gasteiger partial charge in [-0.05, 0) is 35.6 Å². The largest absolute Gasteiger partial charge is 0.480 e. The number of ether oxygens (including phenoxy) is 1. The zero-order valence-corrected chi connectivity index (χ0v) is 15.8. The molecule has 0 fully saturated rings. The van der Waals surface area contributed by atoms with Crippen LogP contribution in [0.15, 0.2) is 30.5 Å². The van der Waals surface area contributed by atoms with Crippen LogP contribution in [0, 0.1) is 20.7 Å². The maximum Gasteiger partial charge on any atom is 0.310 e. The molecule has 2 aromatic heterocycles. The number of anilines is 1. The molecule has 0 aliphatic heterocycles. The van der Waals surface area contributed by atoms with Gasteiger partial charge in [-0.2, -0.15) is 0 Å². The van der Waals surface area contributed by atoms with Crippen molar-refractivity contribution in [1.29, 1.82) is 0 Å². The minimum absolute atomic E-state index is 0.0585. The van der Waals surface area contributed by atoms with Crippen molar-refractivity contribution in [3.63, 3.8) is 0 Å². The van der Waals surface area contributed by atoms with Gasteiger partial charge in [-0.25, -0.2) is 14.6 Å². The van der Waals surface area contributed by atoms with Gasteiger partial charge in [-0.1, -0.05) is 17.3 Å². The molecule has 0 amide bonds. The van der Waals surface area contributed by atoms with E-state index in [9.17, 15) is 10.1 Å². The number of nitrogens with zero attached hydrogens (tertiary/aromatic N) is 6. The minimum Gasteiger partial charge on any atom is -0.480 e. The average molecular weight is 467 g/mol. The fourth-order valence-corrected chi connectivity index (χ4v) is 2.73. The third-order valence-electron chi connectivity index (χ3n) is 3.50. The number of nitro groups is 1. The van der Waals surface area contributed by atoms with E-state index in [4.69, 9.17) is 10.5 Å². The number of halogens is 1. The Hall–Kier alpha value is -2.83. The molecule has 1 aromatic carbocycles. The van der Waals surface area contributed by atoms with E-state index in [1.807, 2.05) is 0 Å². The Labute approximate surface area is 161 Å². The van der Waals surface area contributed by atoms with Gasteiger partial charge >= 0.3 is 5.69 Å². The van der Waals surface area contributed by atoms with E-state index in [0.29, 0.717) is 23.9 Å². The van der Waals surface area contributed by atoms with Crippen molar-refractivity contribution in [2.45, 2.75) is 20.1 Å². The first kappa shape index (κ1) is 18.0. The first-order valence-electron chi connectivity index (χ1n) is 7.47. The van der Waals surface area contributed by atoms with Gasteiger partial charge in [-0.15, -0.1) is 5.10 Å². The predicted molar refractivity (Wildman–Crippen MR) is 100 cm³/mol. The molecule has 2 heterocycles. The molecule has 10 nitrogen and oxygen atoms in total. The van der Waals surface area contributed by atoms with Crippen LogP contribution in [0.2, 0.25) is 0 Å². The number of nitro benzene ring substituents is 1. The SMILES string of the molecule is Cc1ncc(Cn2nnc(COc3ccccc3[N+](=O)[O-])c2I)c(N)n1. The molecule has 2 N–H and O–H groups in total. The number of aryl methyl sites for hydroxylation is 1. The van der Waals surface area contributed by atoms with Gasteiger partial charge < -0.3 is 10.5 Å². The molecule has 0 atom stereocenters. The first-order valence-corrected chi connectivity index (χ1v) is 8.55. The quantitative estimate of drug-likeness (QED) is 0.331. The minimum atomic E-state index is -0.489. The van der Waals surface area contributed by atoms with Crippen LogP contribution in [-0.4, -0.2) is 29.9 Å². The Morgan fingerprint density at radius 1 is 1.38 bits per heavy atom. The van der Waals surface area contributed by atoms with Gasteiger partial charge in [0.05, 0.1) is 11.5 Å². The second-order valence-corrected chi connectivity index (χ2v) is 6.35. The van der Waals surface area contributed by atoms with Crippen molar-refractivity contribution >= 4 is 34.1 Å². The molecule has 0 unspecified atom stereocenters. The smallest absolute Gasteiger partial charge is 0.310 e. The van der Waals surface area contributed by atoms with Crippen LogP contribution in [0.4, 0.5) is 11.5 Å². The number of hydrogen-bond acceptors (Lipinski definition) is 8. The highest BCUT2D eigenvalue weighted by atomic mass is 127. The maximum atomic E-state index is 11.0. The van der Waals surface area contributed by atoms with E-state index in [-0.39, 0.29) is 18.0 Å². The molecule has 0 aliphatic rings. The molecule has 0 aliphatic carbocycles. The number of nitrogen functional groups attached to an aromatic ring is 1. The van der Waals surface area contributed by atoms with E-state index in [0.717, 1.165) is 9.26 Å². The summed E-state index contributed by atoms with van der Waals surface area (Å²) in [5.41, 5.74) is 7.10. The highest BCUT2D eigenvalue weighted by Gasteiger charge is 2.17. The summed E-state index contributed by atoms with van der Waals surface area (Å²) in [5, 5.41) is 19.2. The van der Waals surface area contributed by atoms with Crippen molar-refractivity contribution < 1.29 is 9.66 Å². The molecule has 0 radical (unpaired) electrons. The van der Waals surface area contributed by atoms with E-state index >= 15 is 0 Å². The number of para-hydroxylation sites is 2. The van der Waals surface area contributed by atoms with E-state index < -0.39 is 4.92 Å². The normalized spacial score (nSPS) is 10.7. The zero-order valence-electron chi connectivity index (χ0n) is 13.7. The van der Waals surface area contributed by atoms with Gasteiger partial charge in [0.25, 0.3) is 0 Å². The number of nitrogens with two attached hydrogens (primary N) is 1. The summed E-state index contributed by atoms with van der Waals surface area (Å²) in [6, 6.07) is 6.18. The zero-order chi connectivity index (χ0) is 18.7. The third-order valence-corrected chi connectivity index (χ3v) is 4.68. The standard InChI is InChI=1S/C15H14IN7O3/c1-9-18-6-10(15(17)19-9)7-22-14(16)11(20-21-22)8-26-13-5-3-2-4-12(13)23(24)25/h2-6H,7-8H2,1H3,(H2,17,18,19). The van der Waals surface area contributed by atoms with Crippen molar-refractivity contribution in [1.82, 2.24) is 25.0 Å². The fourth-order valence-electron chi connectivity index (χ4n) is 2.20. The molecule has 11 heteroatoms. The molecule has 134 valence electrons. The van der Waals surface area contributed by atoms with Crippen LogP contribution >= 0.6 is 22.6 Å². The maximum absolute atomic E-state index is 11.0. The molecular formula is C15H14IN7O3.